The second-order valence-electron chi connectivity index (χ2n) is 7.98. The van der Waals surface area contributed by atoms with Crippen LogP contribution in [0, 0.1) is 11.8 Å². The van der Waals surface area contributed by atoms with Crippen LogP contribution in [0.3, 0.4) is 0 Å². The van der Waals surface area contributed by atoms with Gasteiger partial charge in [0.25, 0.3) is 0 Å². The molecule has 0 spiro atoms. The minimum absolute atomic E-state index is 0.0994. The van der Waals surface area contributed by atoms with E-state index in [0.717, 1.165) is 50.7 Å². The summed E-state index contributed by atoms with van der Waals surface area (Å²) in [5, 5.41) is 6.78. The molecule has 0 aliphatic carbocycles. The molecule has 30 heavy (non-hydrogen) atoms. The molecule has 0 aliphatic heterocycles. The van der Waals surface area contributed by atoms with Crippen LogP contribution in [-0.2, 0) is 0 Å². The maximum Gasteiger partial charge on any atom is 0.187 e. The van der Waals surface area contributed by atoms with Crippen LogP contribution in [0.2, 0.25) is 0 Å². The average molecular weight is 390 g/mol. The van der Waals surface area contributed by atoms with Gasteiger partial charge in [-0.05, 0) is 52.2 Å². The lowest BCUT2D eigenvalue weighted by Crippen LogP contribution is -2.08. The average Bonchev–Trinajstić information content (AvgIpc) is 2.76. The van der Waals surface area contributed by atoms with Crippen molar-refractivity contribution in [3.05, 3.63) is 80.6 Å². The molecule has 5 aromatic rings. The molecule has 2 nitrogen and oxygen atoms in total. The summed E-state index contributed by atoms with van der Waals surface area (Å²) in [6.45, 7) is 2.21. The topological polar surface area (TPSA) is 34.1 Å². The van der Waals surface area contributed by atoms with Gasteiger partial charge in [-0.2, -0.15) is 0 Å². The number of fused-ring (bicyclic) bond motifs is 2. The zero-order valence-electron chi connectivity index (χ0n) is 17.0. The second kappa shape index (κ2) is 7.43. The second-order valence-corrected chi connectivity index (χ2v) is 7.98. The number of rotatable bonds is 4. The maximum atomic E-state index is 12.9. The molecule has 0 atom stereocenters. The van der Waals surface area contributed by atoms with Crippen LogP contribution in [-0.4, -0.2) is 0 Å². The summed E-state index contributed by atoms with van der Waals surface area (Å²) < 4.78 is 0. The lowest BCUT2D eigenvalue weighted by atomic mass is 9.88. The Morgan fingerprint density at radius 3 is 2.23 bits per heavy atom. The fourth-order valence-electron chi connectivity index (χ4n) is 4.64. The minimum atomic E-state index is -0.104. The number of benzene rings is 5. The number of hydrogen-bond donors (Lipinski definition) is 0. The maximum absolute atomic E-state index is 12.9. The van der Waals surface area contributed by atoms with Crippen LogP contribution in [0.15, 0.2) is 64.2 Å². The third-order valence-corrected chi connectivity index (χ3v) is 6.07. The molecule has 0 aliphatic rings. The SMILES string of the molecule is CCCCCCC#Cc1ccc2c3cccc4ccc(=O)c(c5c(=O)ccc1c25)c43. The standard InChI is InChI=1S/C28H22O2/c1-2-3-4-5-6-7-9-18-12-14-22-21-11-8-10-19-13-16-23(29)27(25(19)21)28-24(30)17-15-20(18)26(22)28/h8,10-17H,2-6H2,1H3. The van der Waals surface area contributed by atoms with Gasteiger partial charge in [-0.1, -0.05) is 68.4 Å². The first-order chi connectivity index (χ1) is 14.7. The molecule has 2 heteroatoms. The third-order valence-electron chi connectivity index (χ3n) is 6.07. The molecular weight excluding hydrogens is 368 g/mol. The fraction of sp³-hybridized carbons (Fsp3) is 0.214. The third kappa shape index (κ3) is 2.82. The van der Waals surface area contributed by atoms with Gasteiger partial charge in [0.1, 0.15) is 0 Å². The summed E-state index contributed by atoms with van der Waals surface area (Å²) in [6.07, 6.45) is 5.67. The first-order valence-corrected chi connectivity index (χ1v) is 10.7. The highest BCUT2D eigenvalue weighted by Crippen LogP contribution is 2.38. The molecule has 0 N–H and O–H groups in total. The summed E-state index contributed by atoms with van der Waals surface area (Å²) >= 11 is 0. The molecule has 0 bridgehead atoms. The van der Waals surface area contributed by atoms with Gasteiger partial charge in [0.05, 0.1) is 0 Å². The van der Waals surface area contributed by atoms with E-state index in [2.05, 4.69) is 30.9 Å². The molecule has 0 aromatic heterocycles. The van der Waals surface area contributed by atoms with Gasteiger partial charge in [0.15, 0.2) is 10.9 Å². The van der Waals surface area contributed by atoms with Gasteiger partial charge in [-0.25, -0.2) is 0 Å². The van der Waals surface area contributed by atoms with Crippen molar-refractivity contribution in [2.45, 2.75) is 39.0 Å². The largest absolute Gasteiger partial charge is 0.289 e. The Morgan fingerprint density at radius 2 is 1.40 bits per heavy atom. The summed E-state index contributed by atoms with van der Waals surface area (Å²) in [5.74, 6) is 6.62. The Labute approximate surface area is 174 Å². The van der Waals surface area contributed by atoms with Crippen molar-refractivity contribution in [3.63, 3.8) is 0 Å². The molecule has 0 unspecified atom stereocenters. The van der Waals surface area contributed by atoms with Gasteiger partial charge < -0.3 is 0 Å². The first kappa shape index (κ1) is 18.6. The molecule has 0 saturated heterocycles. The van der Waals surface area contributed by atoms with E-state index in [1.165, 1.54) is 19.3 Å². The minimum Gasteiger partial charge on any atom is -0.289 e. The summed E-state index contributed by atoms with van der Waals surface area (Å²) in [6, 6.07) is 17.0. The van der Waals surface area contributed by atoms with E-state index >= 15 is 0 Å². The van der Waals surface area contributed by atoms with Crippen LogP contribution >= 0.6 is 0 Å². The fourth-order valence-corrected chi connectivity index (χ4v) is 4.64. The van der Waals surface area contributed by atoms with Crippen molar-refractivity contribution in [2.75, 3.05) is 0 Å². The summed E-state index contributed by atoms with van der Waals surface area (Å²) in [7, 11) is 0. The van der Waals surface area contributed by atoms with Crippen LogP contribution in [0.1, 0.15) is 44.6 Å². The molecule has 0 heterocycles. The van der Waals surface area contributed by atoms with Gasteiger partial charge in [0, 0.05) is 33.5 Å². The number of hydrogen-bond acceptors (Lipinski definition) is 2. The molecule has 0 amide bonds. The predicted octanol–water partition coefficient (Wildman–Crippen LogP) is 6.22. The zero-order valence-corrected chi connectivity index (χ0v) is 17.0. The van der Waals surface area contributed by atoms with Gasteiger partial charge >= 0.3 is 0 Å². The summed E-state index contributed by atoms with van der Waals surface area (Å²) in [5.41, 5.74) is 0.717. The molecule has 0 fully saturated rings. The number of unbranched alkanes of at least 4 members (excludes halogenated alkanes) is 4. The predicted molar refractivity (Wildman–Crippen MR) is 127 cm³/mol. The van der Waals surface area contributed by atoms with Crippen molar-refractivity contribution in [3.8, 4) is 11.8 Å². The lowest BCUT2D eigenvalue weighted by Gasteiger charge is -2.13. The monoisotopic (exact) mass is 390 g/mol. The van der Waals surface area contributed by atoms with E-state index in [-0.39, 0.29) is 10.9 Å². The van der Waals surface area contributed by atoms with Crippen molar-refractivity contribution >= 4 is 43.1 Å². The Hall–Kier alpha value is -3.44. The Morgan fingerprint density at radius 1 is 0.667 bits per heavy atom. The van der Waals surface area contributed by atoms with Crippen molar-refractivity contribution in [1.82, 2.24) is 0 Å². The van der Waals surface area contributed by atoms with E-state index in [0.29, 0.717) is 10.8 Å². The van der Waals surface area contributed by atoms with Crippen molar-refractivity contribution in [1.29, 1.82) is 0 Å². The molecule has 146 valence electrons. The Kier molecular flexibility index (Phi) is 4.60. The van der Waals surface area contributed by atoms with E-state index < -0.39 is 0 Å². The van der Waals surface area contributed by atoms with Crippen LogP contribution in [0.5, 0.6) is 0 Å². The zero-order chi connectivity index (χ0) is 20.7. The normalized spacial score (nSPS) is 11.5. The lowest BCUT2D eigenvalue weighted by molar-refractivity contribution is 0.679. The molecule has 5 rings (SSSR count). The molecular formula is C28H22O2. The summed E-state index contributed by atoms with van der Waals surface area (Å²) in [4.78, 5) is 25.8. The highest BCUT2D eigenvalue weighted by atomic mass is 16.1. The van der Waals surface area contributed by atoms with Crippen molar-refractivity contribution in [2.24, 2.45) is 0 Å². The van der Waals surface area contributed by atoms with Gasteiger partial charge in [-0.3, -0.25) is 9.59 Å². The van der Waals surface area contributed by atoms with Gasteiger partial charge in [0.2, 0.25) is 0 Å². The highest BCUT2D eigenvalue weighted by Gasteiger charge is 2.17. The quantitative estimate of drug-likeness (QED) is 0.158. The van der Waals surface area contributed by atoms with E-state index in [1.54, 1.807) is 12.1 Å². The Bertz CT molecular complexity index is 1570. The van der Waals surface area contributed by atoms with Crippen LogP contribution in [0.4, 0.5) is 0 Å². The van der Waals surface area contributed by atoms with E-state index in [9.17, 15) is 9.59 Å². The van der Waals surface area contributed by atoms with Crippen LogP contribution in [0.25, 0.3) is 43.1 Å². The van der Waals surface area contributed by atoms with Gasteiger partial charge in [-0.15, -0.1) is 0 Å². The highest BCUT2D eigenvalue weighted by molar-refractivity contribution is 6.33. The van der Waals surface area contributed by atoms with Crippen molar-refractivity contribution < 1.29 is 0 Å². The van der Waals surface area contributed by atoms with E-state index in [4.69, 9.17) is 0 Å². The Balaban J connectivity index is 1.82. The van der Waals surface area contributed by atoms with Crippen LogP contribution < -0.4 is 10.9 Å². The molecule has 0 saturated carbocycles. The molecule has 0 radical (unpaired) electrons. The first-order valence-electron chi connectivity index (χ1n) is 10.7. The molecule has 5 aromatic carbocycles. The smallest absolute Gasteiger partial charge is 0.187 e. The van der Waals surface area contributed by atoms with E-state index in [1.807, 2.05) is 30.3 Å².